The molecule has 0 aromatic heterocycles. The molecule has 0 fully saturated rings. The van der Waals surface area contributed by atoms with Crippen LogP contribution in [0.1, 0.15) is 56.0 Å². The Morgan fingerprint density at radius 3 is 2.40 bits per heavy atom. The van der Waals surface area contributed by atoms with E-state index in [9.17, 15) is 18.0 Å². The highest BCUT2D eigenvalue weighted by Gasteiger charge is 2.36. The van der Waals surface area contributed by atoms with Crippen molar-refractivity contribution in [2.24, 2.45) is 5.41 Å². The Kier molecular flexibility index (Phi) is 9.45. The number of amides is 1. The van der Waals surface area contributed by atoms with Crippen LogP contribution in [0.5, 0.6) is 0 Å². The molecule has 30 heavy (non-hydrogen) atoms. The summed E-state index contributed by atoms with van der Waals surface area (Å²) < 4.78 is 28.9. The molecule has 0 bridgehead atoms. The Labute approximate surface area is 179 Å². The second-order valence-corrected chi connectivity index (χ2v) is 10.6. The predicted octanol–water partition coefficient (Wildman–Crippen LogP) is 1.59. The number of aliphatic hydroxyl groups is 1. The van der Waals surface area contributed by atoms with E-state index in [-0.39, 0.29) is 17.4 Å². The van der Waals surface area contributed by atoms with Crippen LogP contribution in [-0.2, 0) is 24.8 Å². The molecule has 0 saturated carbocycles. The Morgan fingerprint density at radius 2 is 1.83 bits per heavy atom. The zero-order valence-electron chi connectivity index (χ0n) is 18.4. The number of carbonyl (C=O) groups excluding carboxylic acids is 2. The maximum Gasteiger partial charge on any atom is 0.337 e. The first-order chi connectivity index (χ1) is 13.9. The summed E-state index contributed by atoms with van der Waals surface area (Å²) in [4.78, 5) is 24.8. The van der Waals surface area contributed by atoms with Crippen molar-refractivity contribution in [2.45, 2.75) is 45.4 Å². The fraction of sp³-hybridized carbons (Fsp3) is 0.619. The molecule has 1 unspecified atom stereocenters. The molecule has 9 heteroatoms. The van der Waals surface area contributed by atoms with Gasteiger partial charge in [0.25, 0.3) is 0 Å². The monoisotopic (exact) mass is 442 g/mol. The lowest BCUT2D eigenvalue weighted by molar-refractivity contribution is -0.127. The number of hydrogen-bond acceptors (Lipinski definition) is 7. The summed E-state index contributed by atoms with van der Waals surface area (Å²) in [7, 11) is -0.445. The highest BCUT2D eigenvalue weighted by atomic mass is 32.2. The number of hydrogen-bond donors (Lipinski definition) is 3. The minimum Gasteiger partial charge on any atom is -0.465 e. The first kappa shape index (κ1) is 26.1. The highest BCUT2D eigenvalue weighted by Crippen LogP contribution is 2.34. The van der Waals surface area contributed by atoms with Crippen molar-refractivity contribution in [3.05, 3.63) is 35.4 Å². The van der Waals surface area contributed by atoms with E-state index in [1.54, 1.807) is 38.2 Å². The zero-order chi connectivity index (χ0) is 23.0. The van der Waals surface area contributed by atoms with Crippen LogP contribution in [0.4, 0.5) is 0 Å². The Bertz CT molecular complexity index is 838. The van der Waals surface area contributed by atoms with Crippen LogP contribution in [-0.4, -0.2) is 57.7 Å². The van der Waals surface area contributed by atoms with E-state index < -0.39 is 33.2 Å². The van der Waals surface area contributed by atoms with Crippen molar-refractivity contribution in [1.82, 2.24) is 10.9 Å². The topological polar surface area (TPSA) is 122 Å². The molecule has 0 aliphatic heterocycles. The van der Waals surface area contributed by atoms with E-state index in [2.05, 4.69) is 10.9 Å². The van der Waals surface area contributed by atoms with Crippen molar-refractivity contribution in [3.63, 3.8) is 0 Å². The summed E-state index contributed by atoms with van der Waals surface area (Å²) in [5, 5.41) is 8.94. The zero-order valence-corrected chi connectivity index (χ0v) is 19.3. The molecule has 1 aromatic carbocycles. The summed E-state index contributed by atoms with van der Waals surface area (Å²) in [6, 6.07) is 6.77. The molecule has 1 atom stereocenters. The summed E-state index contributed by atoms with van der Waals surface area (Å²) in [5.41, 5.74) is 4.86. The standard InChI is InChI=1S/C21H34N2O6S/c1-20(2,15-30(27,28)13-12-24)10-7-11-21(3,19(26)23-22-4)17-9-6-8-16(14-17)18(25)29-5/h6,8-9,14,22,24H,7,10-13,15H2,1-5H3,(H,23,26). The van der Waals surface area contributed by atoms with Gasteiger partial charge in [0, 0.05) is 7.05 Å². The van der Waals surface area contributed by atoms with Gasteiger partial charge in [-0.1, -0.05) is 32.4 Å². The molecule has 1 aromatic rings. The van der Waals surface area contributed by atoms with Gasteiger partial charge in [0.2, 0.25) is 5.91 Å². The van der Waals surface area contributed by atoms with Gasteiger partial charge in [-0.25, -0.2) is 18.6 Å². The van der Waals surface area contributed by atoms with Crippen molar-refractivity contribution in [1.29, 1.82) is 0 Å². The number of esters is 1. The van der Waals surface area contributed by atoms with Gasteiger partial charge in [0.05, 0.1) is 36.2 Å². The van der Waals surface area contributed by atoms with Gasteiger partial charge < -0.3 is 9.84 Å². The molecule has 8 nitrogen and oxygen atoms in total. The van der Waals surface area contributed by atoms with Crippen molar-refractivity contribution in [2.75, 3.05) is 32.3 Å². The number of methoxy groups -OCH3 is 1. The predicted molar refractivity (Wildman–Crippen MR) is 116 cm³/mol. The smallest absolute Gasteiger partial charge is 0.337 e. The quantitative estimate of drug-likeness (QED) is 0.332. The molecule has 1 rings (SSSR count). The number of ether oxygens (including phenoxy) is 1. The van der Waals surface area contributed by atoms with Crippen LogP contribution < -0.4 is 10.9 Å². The highest BCUT2D eigenvalue weighted by molar-refractivity contribution is 7.91. The largest absolute Gasteiger partial charge is 0.465 e. The van der Waals surface area contributed by atoms with Gasteiger partial charge in [-0.3, -0.25) is 10.2 Å². The van der Waals surface area contributed by atoms with Gasteiger partial charge in [0.15, 0.2) is 9.84 Å². The molecule has 3 N–H and O–H groups in total. The second-order valence-electron chi connectivity index (χ2n) is 8.44. The fourth-order valence-corrected chi connectivity index (χ4v) is 5.30. The molecule has 0 aliphatic rings. The van der Waals surface area contributed by atoms with Crippen molar-refractivity contribution in [3.8, 4) is 0 Å². The first-order valence-electron chi connectivity index (χ1n) is 9.88. The van der Waals surface area contributed by atoms with Crippen LogP contribution in [0.3, 0.4) is 0 Å². The first-order valence-corrected chi connectivity index (χ1v) is 11.7. The number of hydrazine groups is 1. The third-order valence-corrected chi connectivity index (χ3v) is 7.23. The Balaban J connectivity index is 3.05. The summed E-state index contributed by atoms with van der Waals surface area (Å²) in [6.45, 7) is 5.14. The van der Waals surface area contributed by atoms with E-state index in [4.69, 9.17) is 9.84 Å². The Hall–Kier alpha value is -1.97. The van der Waals surface area contributed by atoms with E-state index in [1.165, 1.54) is 7.11 Å². The SMILES string of the molecule is CNNC(=O)C(C)(CCCC(C)(C)CS(=O)(=O)CCO)c1cccc(C(=O)OC)c1. The third kappa shape index (κ3) is 7.37. The van der Waals surface area contributed by atoms with E-state index in [1.807, 2.05) is 13.8 Å². The average molecular weight is 443 g/mol. The number of sulfone groups is 1. The molecule has 0 saturated heterocycles. The second kappa shape index (κ2) is 10.9. The number of benzene rings is 1. The minimum absolute atomic E-state index is 0.0299. The molecule has 0 aliphatic carbocycles. The van der Waals surface area contributed by atoms with Gasteiger partial charge in [-0.15, -0.1) is 0 Å². The fourth-order valence-electron chi connectivity index (χ4n) is 3.55. The van der Waals surface area contributed by atoms with Crippen molar-refractivity contribution >= 4 is 21.7 Å². The molecule has 0 radical (unpaired) electrons. The van der Waals surface area contributed by atoms with Gasteiger partial charge in [-0.05, 0) is 42.9 Å². The summed E-state index contributed by atoms with van der Waals surface area (Å²) >= 11 is 0. The summed E-state index contributed by atoms with van der Waals surface area (Å²) in [5.74, 6) is -1.02. The van der Waals surface area contributed by atoms with Gasteiger partial charge >= 0.3 is 5.97 Å². The van der Waals surface area contributed by atoms with Gasteiger partial charge in [0.1, 0.15) is 0 Å². The number of aliphatic hydroxyl groups excluding tert-OH is 1. The molecule has 0 spiro atoms. The minimum atomic E-state index is -3.34. The number of nitrogens with one attached hydrogen (secondary N) is 2. The van der Waals surface area contributed by atoms with Crippen LogP contribution in [0.2, 0.25) is 0 Å². The lowest BCUT2D eigenvalue weighted by atomic mass is 9.75. The molecule has 170 valence electrons. The third-order valence-electron chi connectivity index (χ3n) is 5.20. The lowest BCUT2D eigenvalue weighted by Gasteiger charge is -2.31. The average Bonchev–Trinajstić information content (AvgIpc) is 2.66. The van der Waals surface area contributed by atoms with Crippen LogP contribution >= 0.6 is 0 Å². The molecule has 1 amide bonds. The van der Waals surface area contributed by atoms with Gasteiger partial charge in [-0.2, -0.15) is 0 Å². The maximum atomic E-state index is 12.9. The molecular weight excluding hydrogens is 408 g/mol. The van der Waals surface area contributed by atoms with E-state index >= 15 is 0 Å². The Morgan fingerprint density at radius 1 is 1.17 bits per heavy atom. The number of carbonyl (C=O) groups is 2. The van der Waals surface area contributed by atoms with E-state index in [0.717, 1.165) is 0 Å². The van der Waals surface area contributed by atoms with Crippen LogP contribution in [0, 0.1) is 5.41 Å². The number of rotatable bonds is 12. The maximum absolute atomic E-state index is 12.9. The van der Waals surface area contributed by atoms with Crippen LogP contribution in [0.15, 0.2) is 24.3 Å². The lowest BCUT2D eigenvalue weighted by Crippen LogP contribution is -2.47. The molecular formula is C21H34N2O6S. The van der Waals surface area contributed by atoms with E-state index in [0.29, 0.717) is 30.4 Å². The van der Waals surface area contributed by atoms with Crippen LogP contribution in [0.25, 0.3) is 0 Å². The summed E-state index contributed by atoms with van der Waals surface area (Å²) in [6.07, 6.45) is 1.63. The molecule has 0 heterocycles. The van der Waals surface area contributed by atoms with Crippen molar-refractivity contribution < 1.29 is 27.9 Å². The normalized spacial score (nSPS) is 14.1.